The van der Waals surface area contributed by atoms with E-state index in [0.717, 1.165) is 16.5 Å². The van der Waals surface area contributed by atoms with Crippen molar-refractivity contribution in [2.75, 3.05) is 0 Å². The number of hydrogen-bond donors (Lipinski definition) is 1. The maximum atomic E-state index is 12.5. The lowest BCUT2D eigenvalue weighted by molar-refractivity contribution is -0.0414. The second kappa shape index (κ2) is 6.20. The first kappa shape index (κ1) is 17.3. The second-order valence-electron chi connectivity index (χ2n) is 7.17. The lowest BCUT2D eigenvalue weighted by Gasteiger charge is -2.38. The molecule has 1 aliphatic rings. The van der Waals surface area contributed by atoms with E-state index in [0.29, 0.717) is 12.8 Å². The molecule has 1 aliphatic heterocycles. The van der Waals surface area contributed by atoms with Gasteiger partial charge in [0.2, 0.25) is 0 Å². The van der Waals surface area contributed by atoms with Crippen LogP contribution in [0.4, 0.5) is 4.79 Å². The van der Waals surface area contributed by atoms with Gasteiger partial charge in [0, 0.05) is 4.47 Å². The van der Waals surface area contributed by atoms with Gasteiger partial charge in [-0.25, -0.2) is 4.79 Å². The van der Waals surface area contributed by atoms with Gasteiger partial charge < -0.3 is 9.84 Å². The summed E-state index contributed by atoms with van der Waals surface area (Å²) in [6, 6.07) is 8.05. The average molecular weight is 370 g/mol. The standard InChI is InChI=1S/C17H24BrNO3/c1-16(2,3)22-15(21)19-14(20)9-10-17(19,4)11-12-5-7-13(18)8-6-12/h5-8,14,20H,9-11H2,1-4H3. The topological polar surface area (TPSA) is 49.8 Å². The Bertz CT molecular complexity index is 538. The molecule has 5 heteroatoms. The number of aliphatic hydroxyl groups excluding tert-OH is 1. The maximum absolute atomic E-state index is 12.5. The quantitative estimate of drug-likeness (QED) is 0.853. The van der Waals surface area contributed by atoms with E-state index >= 15 is 0 Å². The van der Waals surface area contributed by atoms with Crippen molar-refractivity contribution in [2.24, 2.45) is 0 Å². The summed E-state index contributed by atoms with van der Waals surface area (Å²) in [7, 11) is 0. The summed E-state index contributed by atoms with van der Waals surface area (Å²) < 4.78 is 6.49. The van der Waals surface area contributed by atoms with E-state index in [1.54, 1.807) is 0 Å². The van der Waals surface area contributed by atoms with Gasteiger partial charge in [0.25, 0.3) is 0 Å². The van der Waals surface area contributed by atoms with Gasteiger partial charge in [-0.1, -0.05) is 28.1 Å². The summed E-state index contributed by atoms with van der Waals surface area (Å²) in [4.78, 5) is 14.0. The summed E-state index contributed by atoms with van der Waals surface area (Å²) in [6.45, 7) is 7.51. The maximum Gasteiger partial charge on any atom is 0.412 e. The molecule has 2 atom stereocenters. The van der Waals surface area contributed by atoms with Gasteiger partial charge in [-0.15, -0.1) is 0 Å². The molecule has 1 N–H and O–H groups in total. The van der Waals surface area contributed by atoms with Crippen molar-refractivity contribution >= 4 is 22.0 Å². The fraction of sp³-hybridized carbons (Fsp3) is 0.588. The van der Waals surface area contributed by atoms with Gasteiger partial charge in [0.05, 0.1) is 5.54 Å². The molecule has 4 nitrogen and oxygen atoms in total. The number of aliphatic hydroxyl groups is 1. The molecule has 2 rings (SSSR count). The average Bonchev–Trinajstić information content (AvgIpc) is 2.66. The van der Waals surface area contributed by atoms with Crippen LogP contribution in [-0.4, -0.2) is 33.5 Å². The van der Waals surface area contributed by atoms with Crippen molar-refractivity contribution in [1.29, 1.82) is 0 Å². The summed E-state index contributed by atoms with van der Waals surface area (Å²) >= 11 is 3.42. The molecule has 0 spiro atoms. The minimum absolute atomic E-state index is 0.435. The number of carbonyl (C=O) groups excluding carboxylic acids is 1. The molecular weight excluding hydrogens is 346 g/mol. The minimum atomic E-state index is -0.782. The van der Waals surface area contributed by atoms with Crippen molar-refractivity contribution in [2.45, 2.75) is 64.3 Å². The van der Waals surface area contributed by atoms with Gasteiger partial charge in [-0.2, -0.15) is 0 Å². The molecule has 1 saturated heterocycles. The zero-order chi connectivity index (χ0) is 16.5. The Morgan fingerprint density at radius 3 is 2.55 bits per heavy atom. The Morgan fingerprint density at radius 1 is 1.41 bits per heavy atom. The fourth-order valence-electron chi connectivity index (χ4n) is 2.92. The molecule has 1 aromatic rings. The molecule has 0 aliphatic carbocycles. The molecule has 0 saturated carbocycles. The van der Waals surface area contributed by atoms with Crippen LogP contribution in [0, 0.1) is 0 Å². The van der Waals surface area contributed by atoms with E-state index in [1.165, 1.54) is 4.90 Å². The van der Waals surface area contributed by atoms with Gasteiger partial charge >= 0.3 is 6.09 Å². The molecule has 22 heavy (non-hydrogen) atoms. The van der Waals surface area contributed by atoms with E-state index in [4.69, 9.17) is 4.74 Å². The smallest absolute Gasteiger partial charge is 0.412 e. The Labute approximate surface area is 140 Å². The van der Waals surface area contributed by atoms with Crippen molar-refractivity contribution in [3.05, 3.63) is 34.3 Å². The first-order valence-corrected chi connectivity index (χ1v) is 8.35. The molecular formula is C17H24BrNO3. The van der Waals surface area contributed by atoms with Gasteiger partial charge in [-0.3, -0.25) is 4.90 Å². The first-order valence-electron chi connectivity index (χ1n) is 7.56. The highest BCUT2D eigenvalue weighted by molar-refractivity contribution is 9.10. The van der Waals surface area contributed by atoms with E-state index in [9.17, 15) is 9.90 Å². The van der Waals surface area contributed by atoms with Crippen LogP contribution in [0.15, 0.2) is 28.7 Å². The monoisotopic (exact) mass is 369 g/mol. The minimum Gasteiger partial charge on any atom is -0.444 e. The number of ether oxygens (including phenoxy) is 1. The number of hydrogen-bond acceptors (Lipinski definition) is 3. The lowest BCUT2D eigenvalue weighted by atomic mass is 9.90. The molecule has 1 heterocycles. The van der Waals surface area contributed by atoms with Crippen LogP contribution in [0.2, 0.25) is 0 Å². The lowest BCUT2D eigenvalue weighted by Crippen LogP contribution is -2.51. The van der Waals surface area contributed by atoms with Crippen molar-refractivity contribution in [3.8, 4) is 0 Å². The summed E-state index contributed by atoms with van der Waals surface area (Å²) in [5.41, 5.74) is 0.126. The van der Waals surface area contributed by atoms with Crippen LogP contribution in [-0.2, 0) is 11.2 Å². The van der Waals surface area contributed by atoms with Crippen LogP contribution in [0.5, 0.6) is 0 Å². The normalized spacial score (nSPS) is 25.4. The Morgan fingerprint density at radius 2 is 2.00 bits per heavy atom. The van der Waals surface area contributed by atoms with Crippen LogP contribution in [0.3, 0.4) is 0 Å². The number of benzene rings is 1. The zero-order valence-electron chi connectivity index (χ0n) is 13.6. The number of amides is 1. The fourth-order valence-corrected chi connectivity index (χ4v) is 3.18. The SMILES string of the molecule is CC(C)(C)OC(=O)N1C(O)CCC1(C)Cc1ccc(Br)cc1. The second-order valence-corrected chi connectivity index (χ2v) is 8.09. The number of likely N-dealkylation sites (tertiary alicyclic amines) is 1. The van der Waals surface area contributed by atoms with Gasteiger partial charge in [0.15, 0.2) is 0 Å². The molecule has 0 aromatic heterocycles. The van der Waals surface area contributed by atoms with Crippen LogP contribution < -0.4 is 0 Å². The molecule has 1 fully saturated rings. The van der Waals surface area contributed by atoms with Crippen LogP contribution >= 0.6 is 15.9 Å². The number of halogens is 1. The zero-order valence-corrected chi connectivity index (χ0v) is 15.2. The molecule has 2 unspecified atom stereocenters. The van der Waals surface area contributed by atoms with Crippen molar-refractivity contribution < 1.29 is 14.6 Å². The summed E-state index contributed by atoms with van der Waals surface area (Å²) in [5.74, 6) is 0. The van der Waals surface area contributed by atoms with Crippen molar-refractivity contribution in [1.82, 2.24) is 4.90 Å². The molecule has 0 radical (unpaired) electrons. The van der Waals surface area contributed by atoms with E-state index < -0.39 is 23.5 Å². The van der Waals surface area contributed by atoms with Crippen LogP contribution in [0.25, 0.3) is 0 Å². The van der Waals surface area contributed by atoms with Crippen molar-refractivity contribution in [3.63, 3.8) is 0 Å². The molecule has 122 valence electrons. The highest BCUT2D eigenvalue weighted by Gasteiger charge is 2.46. The Kier molecular flexibility index (Phi) is 4.87. The van der Waals surface area contributed by atoms with Crippen LogP contribution in [0.1, 0.15) is 46.1 Å². The first-order chi connectivity index (χ1) is 10.1. The summed E-state index contributed by atoms with van der Waals surface area (Å²) in [5, 5.41) is 10.2. The molecule has 1 amide bonds. The third-order valence-electron chi connectivity index (χ3n) is 3.91. The highest BCUT2D eigenvalue weighted by Crippen LogP contribution is 2.37. The highest BCUT2D eigenvalue weighted by atomic mass is 79.9. The van der Waals surface area contributed by atoms with Gasteiger partial charge in [0.1, 0.15) is 11.8 Å². The number of nitrogens with zero attached hydrogens (tertiary/aromatic N) is 1. The van der Waals surface area contributed by atoms with Gasteiger partial charge in [-0.05, 0) is 64.7 Å². The number of carbonyl (C=O) groups is 1. The molecule has 0 bridgehead atoms. The Balaban J connectivity index is 2.19. The predicted octanol–water partition coefficient (Wildman–Crippen LogP) is 4.10. The third kappa shape index (κ3) is 4.02. The van der Waals surface area contributed by atoms with E-state index in [2.05, 4.69) is 15.9 Å². The molecule has 1 aromatic carbocycles. The van der Waals surface area contributed by atoms with E-state index in [-0.39, 0.29) is 0 Å². The van der Waals surface area contributed by atoms with E-state index in [1.807, 2.05) is 52.0 Å². The Hall–Kier alpha value is -1.07. The third-order valence-corrected chi connectivity index (χ3v) is 4.44. The largest absolute Gasteiger partial charge is 0.444 e. The summed E-state index contributed by atoms with van der Waals surface area (Å²) in [6.07, 6.45) is 0.791. The predicted molar refractivity (Wildman–Crippen MR) is 89.6 cm³/mol. The number of rotatable bonds is 2.